The molecule has 2 aromatic rings. The summed E-state index contributed by atoms with van der Waals surface area (Å²) in [5, 5.41) is 42.5. The fourth-order valence-corrected chi connectivity index (χ4v) is 8.19. The number of ether oxygens (including phenoxy) is 1. The van der Waals surface area contributed by atoms with Crippen LogP contribution in [0.25, 0.3) is 0 Å². The van der Waals surface area contributed by atoms with Crippen LogP contribution >= 0.6 is 11.6 Å². The minimum atomic E-state index is -0.921. The van der Waals surface area contributed by atoms with Crippen LogP contribution in [0.4, 0.5) is 11.4 Å². The zero-order valence-corrected chi connectivity index (χ0v) is 35.2. The van der Waals surface area contributed by atoms with Gasteiger partial charge < -0.3 is 20.1 Å². The van der Waals surface area contributed by atoms with Gasteiger partial charge in [-0.2, -0.15) is 15.8 Å². The standard InChI is InChI=1S/C48H54ClN5O3/c1-31(55)32-17-21-37(22-18-32)53-43(56)16-10-9-13-25-54-41-15-12-11-14-40(41)47(5,6)42(54)24-20-34-27-36(46(2,3)4)26-33(44(34)49)19-23-39-38(30-52)45(35(28-50)29-51)57-48(39,7)8/h11-12,14-15,17-24,31,36,55H,9-10,13,16,25-27H2,1-8H3,(H,53,56)/b23-19+,34-20+,42-24+. The molecule has 3 aliphatic rings. The summed E-state index contributed by atoms with van der Waals surface area (Å²) in [6, 6.07) is 21.7. The Labute approximate surface area is 343 Å². The summed E-state index contributed by atoms with van der Waals surface area (Å²) >= 11 is 7.28. The van der Waals surface area contributed by atoms with Crippen LogP contribution in [0.3, 0.4) is 0 Å². The first kappa shape index (κ1) is 42.8. The van der Waals surface area contributed by atoms with E-state index in [1.165, 1.54) is 16.9 Å². The van der Waals surface area contributed by atoms with Gasteiger partial charge in [-0.25, -0.2) is 0 Å². The van der Waals surface area contributed by atoms with E-state index in [9.17, 15) is 25.7 Å². The predicted octanol–water partition coefficient (Wildman–Crippen LogP) is 11.3. The van der Waals surface area contributed by atoms with Crippen molar-refractivity contribution in [3.63, 3.8) is 0 Å². The Morgan fingerprint density at radius 2 is 1.68 bits per heavy atom. The third-order valence-corrected chi connectivity index (χ3v) is 11.9. The molecule has 2 aliphatic heterocycles. The Morgan fingerprint density at radius 1 is 1.00 bits per heavy atom. The summed E-state index contributed by atoms with van der Waals surface area (Å²) in [6.07, 6.45) is 12.3. The van der Waals surface area contributed by atoms with E-state index in [1.807, 2.05) is 62.4 Å². The topological polar surface area (TPSA) is 133 Å². The molecule has 0 spiro atoms. The number of nitriles is 3. The van der Waals surface area contributed by atoms with E-state index in [2.05, 4.69) is 87.3 Å². The number of halogens is 1. The van der Waals surface area contributed by atoms with Crippen molar-refractivity contribution in [3.8, 4) is 18.2 Å². The molecule has 0 radical (unpaired) electrons. The van der Waals surface area contributed by atoms with Crippen LogP contribution in [0.1, 0.15) is 111 Å². The second-order valence-electron chi connectivity index (χ2n) is 17.3. The molecule has 8 nitrogen and oxygen atoms in total. The van der Waals surface area contributed by atoms with Crippen molar-refractivity contribution in [1.82, 2.24) is 0 Å². The van der Waals surface area contributed by atoms with Crippen LogP contribution in [0.2, 0.25) is 0 Å². The lowest BCUT2D eigenvalue weighted by molar-refractivity contribution is -0.116. The number of benzene rings is 2. The van der Waals surface area contributed by atoms with Gasteiger partial charge in [0.05, 0.1) is 6.10 Å². The fourth-order valence-electron chi connectivity index (χ4n) is 7.91. The molecule has 0 saturated heterocycles. The molecule has 5 rings (SSSR count). The number of para-hydroxylation sites is 1. The maximum atomic E-state index is 12.7. The van der Waals surface area contributed by atoms with Crippen molar-refractivity contribution in [2.75, 3.05) is 16.8 Å². The molecule has 0 bridgehead atoms. The number of hydrogen-bond acceptors (Lipinski definition) is 7. The van der Waals surface area contributed by atoms with Gasteiger partial charge in [-0.3, -0.25) is 4.79 Å². The van der Waals surface area contributed by atoms with E-state index in [0.717, 1.165) is 61.0 Å². The molecule has 0 fully saturated rings. The van der Waals surface area contributed by atoms with Crippen LogP contribution < -0.4 is 10.2 Å². The van der Waals surface area contributed by atoms with Gasteiger partial charge >= 0.3 is 0 Å². The Bertz CT molecular complexity index is 2190. The molecule has 2 atom stereocenters. The minimum absolute atomic E-state index is 0.00478. The van der Waals surface area contributed by atoms with Gasteiger partial charge in [0.1, 0.15) is 29.4 Å². The number of aliphatic hydroxyl groups is 1. The Kier molecular flexibility index (Phi) is 13.1. The number of rotatable bonds is 11. The van der Waals surface area contributed by atoms with Crippen molar-refractivity contribution in [2.45, 2.75) is 111 Å². The van der Waals surface area contributed by atoms with E-state index >= 15 is 0 Å². The van der Waals surface area contributed by atoms with Crippen LogP contribution in [0, 0.1) is 45.3 Å². The number of aliphatic hydroxyl groups excluding tert-OH is 1. The van der Waals surface area contributed by atoms with E-state index in [-0.39, 0.29) is 33.6 Å². The Hall–Kier alpha value is -5.33. The largest absolute Gasteiger partial charge is 0.480 e. The van der Waals surface area contributed by atoms with Gasteiger partial charge in [0, 0.05) is 46.1 Å². The number of allylic oxidation sites excluding steroid dienone is 9. The summed E-state index contributed by atoms with van der Waals surface area (Å²) < 4.78 is 6.00. The van der Waals surface area contributed by atoms with Crippen LogP contribution in [0.15, 0.2) is 117 Å². The highest BCUT2D eigenvalue weighted by atomic mass is 35.5. The summed E-state index contributed by atoms with van der Waals surface area (Å²) in [5.74, 6) is 0.296. The highest BCUT2D eigenvalue weighted by Crippen LogP contribution is 2.49. The van der Waals surface area contributed by atoms with E-state index in [4.69, 9.17) is 16.3 Å². The lowest BCUT2D eigenvalue weighted by Gasteiger charge is -2.36. The average molecular weight is 784 g/mol. The van der Waals surface area contributed by atoms with Crippen molar-refractivity contribution in [1.29, 1.82) is 15.8 Å². The molecule has 0 saturated carbocycles. The van der Waals surface area contributed by atoms with Crippen LogP contribution in [-0.2, 0) is 14.9 Å². The normalized spacial score (nSPS) is 20.6. The van der Waals surface area contributed by atoms with E-state index < -0.39 is 11.7 Å². The molecular weight excluding hydrogens is 730 g/mol. The maximum Gasteiger partial charge on any atom is 0.224 e. The Morgan fingerprint density at radius 3 is 2.32 bits per heavy atom. The molecule has 1 aliphatic carbocycles. The molecule has 2 heterocycles. The highest BCUT2D eigenvalue weighted by molar-refractivity contribution is 6.32. The molecule has 9 heteroatoms. The molecule has 296 valence electrons. The number of hydrogen-bond donors (Lipinski definition) is 2. The summed E-state index contributed by atoms with van der Waals surface area (Å²) in [4.78, 5) is 15.1. The van der Waals surface area contributed by atoms with E-state index in [0.29, 0.717) is 22.9 Å². The SMILES string of the molecule is CC(O)c1ccc(NC(=O)CCCCCN2/C(=C/C=C3\CC(C(C)(C)C)CC(/C=C/C4=C(C#N)C(=C(C#N)C#N)OC4(C)C)=C3Cl)C(C)(C)c3ccccc32)cc1. The van der Waals surface area contributed by atoms with Crippen molar-refractivity contribution in [2.24, 2.45) is 11.3 Å². The lowest BCUT2D eigenvalue weighted by Crippen LogP contribution is -2.27. The van der Waals surface area contributed by atoms with Gasteiger partial charge in [-0.15, -0.1) is 0 Å². The zero-order valence-electron chi connectivity index (χ0n) is 34.5. The van der Waals surface area contributed by atoms with Gasteiger partial charge in [0.2, 0.25) is 5.91 Å². The molecule has 57 heavy (non-hydrogen) atoms. The molecule has 1 amide bonds. The molecule has 2 unspecified atom stereocenters. The zero-order chi connectivity index (χ0) is 41.7. The molecule has 2 N–H and O–H groups in total. The number of fused-ring (bicyclic) bond motifs is 1. The first-order valence-corrected chi connectivity index (χ1v) is 20.1. The first-order valence-electron chi connectivity index (χ1n) is 19.7. The van der Waals surface area contributed by atoms with Gasteiger partial charge in [-0.1, -0.05) is 101 Å². The molecular formula is C48H54ClN5O3. The molecule has 2 aromatic carbocycles. The number of carbonyl (C=O) groups excluding carboxylic acids is 1. The average Bonchev–Trinajstić information content (AvgIpc) is 3.54. The number of carbonyl (C=O) groups is 1. The predicted molar refractivity (Wildman–Crippen MR) is 227 cm³/mol. The van der Waals surface area contributed by atoms with Gasteiger partial charge in [-0.05, 0) is 104 Å². The summed E-state index contributed by atoms with van der Waals surface area (Å²) in [5.41, 5.74) is 6.56. The Balaban J connectivity index is 1.39. The van der Waals surface area contributed by atoms with E-state index in [1.54, 1.807) is 6.92 Å². The summed E-state index contributed by atoms with van der Waals surface area (Å²) in [6.45, 7) is 17.4. The van der Waals surface area contributed by atoms with Crippen LogP contribution in [-0.4, -0.2) is 23.2 Å². The van der Waals surface area contributed by atoms with Crippen molar-refractivity contribution >= 4 is 28.9 Å². The van der Waals surface area contributed by atoms with Crippen LogP contribution in [0.5, 0.6) is 0 Å². The minimum Gasteiger partial charge on any atom is -0.480 e. The fraction of sp³-hybridized carbons (Fsp3) is 0.417. The second kappa shape index (κ2) is 17.4. The van der Waals surface area contributed by atoms with Crippen molar-refractivity contribution < 1.29 is 14.6 Å². The lowest BCUT2D eigenvalue weighted by atomic mass is 9.70. The maximum absolute atomic E-state index is 12.7. The number of unbranched alkanes of at least 4 members (excludes halogenated alkanes) is 2. The monoisotopic (exact) mass is 783 g/mol. The smallest absolute Gasteiger partial charge is 0.224 e. The number of anilines is 2. The number of nitrogens with one attached hydrogen (secondary N) is 1. The first-order chi connectivity index (χ1) is 26.9. The quantitative estimate of drug-likeness (QED) is 0.171. The third kappa shape index (κ3) is 9.45. The summed E-state index contributed by atoms with van der Waals surface area (Å²) in [7, 11) is 0. The van der Waals surface area contributed by atoms with Crippen molar-refractivity contribution in [3.05, 3.63) is 128 Å². The van der Waals surface area contributed by atoms with Gasteiger partial charge in [0.25, 0.3) is 0 Å². The third-order valence-electron chi connectivity index (χ3n) is 11.4. The number of nitrogens with zero attached hydrogens (tertiary/aromatic N) is 4. The highest BCUT2D eigenvalue weighted by Gasteiger charge is 2.41. The number of amides is 1. The molecule has 0 aromatic heterocycles. The van der Waals surface area contributed by atoms with Gasteiger partial charge in [0.15, 0.2) is 11.3 Å². The second-order valence-corrected chi connectivity index (χ2v) is 17.7.